The first-order valence-electron chi connectivity index (χ1n) is 12.4. The van der Waals surface area contributed by atoms with Gasteiger partial charge in [0, 0.05) is 6.42 Å². The van der Waals surface area contributed by atoms with E-state index < -0.39 is 12.6 Å². The first-order chi connectivity index (χ1) is 14.3. The van der Waals surface area contributed by atoms with Crippen molar-refractivity contribution in [3.05, 3.63) is 35.9 Å². The molecule has 3 aliphatic rings. The summed E-state index contributed by atoms with van der Waals surface area (Å²) >= 11 is 0. The van der Waals surface area contributed by atoms with E-state index in [0.717, 1.165) is 43.9 Å². The topological polar surface area (TPSA) is 0 Å². The number of hydrogen-bond acceptors (Lipinski definition) is 0. The van der Waals surface area contributed by atoms with Crippen LogP contribution in [0.5, 0.6) is 0 Å². The Labute approximate surface area is 181 Å². The summed E-state index contributed by atoms with van der Waals surface area (Å²) in [5, 5.41) is 0. The lowest BCUT2D eigenvalue weighted by atomic mass is 9.50. The number of benzene rings is 1. The van der Waals surface area contributed by atoms with Crippen LogP contribution >= 0.6 is 0 Å². The molecule has 0 saturated heterocycles. The van der Waals surface area contributed by atoms with E-state index in [1.165, 1.54) is 37.7 Å². The zero-order valence-corrected chi connectivity index (χ0v) is 18.8. The van der Waals surface area contributed by atoms with Crippen LogP contribution in [0.3, 0.4) is 0 Å². The van der Waals surface area contributed by atoms with Crippen molar-refractivity contribution in [2.24, 2.45) is 40.9 Å². The number of hydrogen-bond donors (Lipinski definition) is 0. The monoisotopic (exact) mass is 420 g/mol. The molecule has 3 aliphatic carbocycles. The molecule has 4 rings (SSSR count). The van der Waals surface area contributed by atoms with Crippen LogP contribution in [-0.2, 0) is 6.42 Å². The van der Waals surface area contributed by atoms with Crippen LogP contribution in [0.1, 0.15) is 83.6 Å². The van der Waals surface area contributed by atoms with Crippen molar-refractivity contribution < 1.29 is 13.2 Å². The van der Waals surface area contributed by atoms with E-state index in [2.05, 4.69) is 44.2 Å². The van der Waals surface area contributed by atoms with E-state index in [0.29, 0.717) is 23.2 Å². The minimum Gasteiger partial charge on any atom is -0.171 e. The van der Waals surface area contributed by atoms with Crippen molar-refractivity contribution in [1.82, 2.24) is 0 Å². The van der Waals surface area contributed by atoms with E-state index in [-0.39, 0.29) is 5.92 Å². The van der Waals surface area contributed by atoms with Crippen LogP contribution in [0.2, 0.25) is 0 Å². The maximum Gasteiger partial charge on any atom is 0.389 e. The highest BCUT2D eigenvalue weighted by atomic mass is 19.4. The van der Waals surface area contributed by atoms with Gasteiger partial charge < -0.3 is 0 Å². The lowest BCUT2D eigenvalue weighted by molar-refractivity contribution is -0.160. The van der Waals surface area contributed by atoms with Crippen LogP contribution in [0, 0.1) is 40.9 Å². The van der Waals surface area contributed by atoms with Crippen LogP contribution in [0.4, 0.5) is 13.2 Å². The summed E-state index contributed by atoms with van der Waals surface area (Å²) in [6.45, 7) is 4.68. The Morgan fingerprint density at radius 3 is 2.40 bits per heavy atom. The molecule has 3 saturated carbocycles. The van der Waals surface area contributed by atoms with Crippen molar-refractivity contribution in [2.75, 3.05) is 0 Å². The molecule has 7 atom stereocenters. The molecule has 3 fully saturated rings. The predicted octanol–water partition coefficient (Wildman–Crippen LogP) is 8.46. The molecule has 6 unspecified atom stereocenters. The number of rotatable bonds is 6. The standard InChI is InChI=1S/C27H39F3/c1-3-7-22-20(18-27(28,29)30)11-14-24-23(22)16-17-26(2)21(13-15-25(24)26)12-10-19-8-5-4-6-9-19/h4-6,8-9,20-25H,3,7,10-18H2,1-2H3/t20?,21?,22-,23?,24?,25?,26?/m0/s1. The fourth-order valence-electron chi connectivity index (χ4n) is 8.14. The van der Waals surface area contributed by atoms with Crippen LogP contribution in [0.15, 0.2) is 30.3 Å². The molecule has 0 bridgehead atoms. The summed E-state index contributed by atoms with van der Waals surface area (Å²) in [5.74, 6) is 2.89. The van der Waals surface area contributed by atoms with Crippen molar-refractivity contribution in [3.8, 4) is 0 Å². The van der Waals surface area contributed by atoms with Gasteiger partial charge in [0.25, 0.3) is 0 Å². The molecule has 168 valence electrons. The van der Waals surface area contributed by atoms with Crippen LogP contribution in [0.25, 0.3) is 0 Å². The van der Waals surface area contributed by atoms with E-state index in [1.54, 1.807) is 0 Å². The summed E-state index contributed by atoms with van der Waals surface area (Å²) in [7, 11) is 0. The van der Waals surface area contributed by atoms with E-state index in [1.807, 2.05) is 0 Å². The Morgan fingerprint density at radius 2 is 1.70 bits per heavy atom. The fourth-order valence-corrected chi connectivity index (χ4v) is 8.14. The second kappa shape index (κ2) is 8.87. The second-order valence-electron chi connectivity index (χ2n) is 10.9. The largest absolute Gasteiger partial charge is 0.389 e. The summed E-state index contributed by atoms with van der Waals surface area (Å²) < 4.78 is 39.7. The molecular weight excluding hydrogens is 381 g/mol. The van der Waals surface area contributed by atoms with Gasteiger partial charge in [-0.05, 0) is 97.9 Å². The first kappa shape index (κ1) is 22.2. The highest BCUT2D eigenvalue weighted by Gasteiger charge is 2.56. The first-order valence-corrected chi connectivity index (χ1v) is 12.4. The van der Waals surface area contributed by atoms with E-state index >= 15 is 0 Å². The smallest absolute Gasteiger partial charge is 0.171 e. The van der Waals surface area contributed by atoms with Crippen LogP contribution < -0.4 is 0 Å². The van der Waals surface area contributed by atoms with Gasteiger partial charge >= 0.3 is 6.18 Å². The van der Waals surface area contributed by atoms with Gasteiger partial charge in [-0.2, -0.15) is 13.2 Å². The number of aryl methyl sites for hydroxylation is 1. The molecule has 0 N–H and O–H groups in total. The van der Waals surface area contributed by atoms with Gasteiger partial charge in [0.05, 0.1) is 0 Å². The Morgan fingerprint density at radius 1 is 0.933 bits per heavy atom. The summed E-state index contributed by atoms with van der Waals surface area (Å²) in [4.78, 5) is 0. The molecule has 0 nitrogen and oxygen atoms in total. The molecule has 0 aliphatic heterocycles. The highest BCUT2D eigenvalue weighted by molar-refractivity contribution is 5.15. The van der Waals surface area contributed by atoms with Gasteiger partial charge in [-0.1, -0.05) is 57.0 Å². The SMILES string of the molecule is CCC[C@H]1C(CC(F)(F)F)CCC2C1CCC1(C)C(CCc3ccccc3)CCC21. The lowest BCUT2D eigenvalue weighted by Crippen LogP contribution is -2.48. The Hall–Kier alpha value is -0.990. The van der Waals surface area contributed by atoms with Gasteiger partial charge in [0.2, 0.25) is 0 Å². The zero-order valence-electron chi connectivity index (χ0n) is 18.8. The molecule has 1 aromatic rings. The molecule has 30 heavy (non-hydrogen) atoms. The molecule has 0 amide bonds. The van der Waals surface area contributed by atoms with Gasteiger partial charge in [-0.25, -0.2) is 0 Å². The molecule has 0 aromatic heterocycles. The van der Waals surface area contributed by atoms with Gasteiger partial charge in [0.1, 0.15) is 0 Å². The fraction of sp³-hybridized carbons (Fsp3) is 0.778. The van der Waals surface area contributed by atoms with Crippen molar-refractivity contribution in [2.45, 2.75) is 90.7 Å². The summed E-state index contributed by atoms with van der Waals surface area (Å²) in [5.41, 5.74) is 1.85. The maximum absolute atomic E-state index is 13.2. The Kier molecular flexibility index (Phi) is 6.56. The number of halogens is 3. The quantitative estimate of drug-likeness (QED) is 0.433. The van der Waals surface area contributed by atoms with E-state index in [4.69, 9.17) is 0 Å². The third kappa shape index (κ3) is 4.46. The number of alkyl halides is 3. The van der Waals surface area contributed by atoms with Gasteiger partial charge in [-0.15, -0.1) is 0 Å². The van der Waals surface area contributed by atoms with E-state index in [9.17, 15) is 13.2 Å². The van der Waals surface area contributed by atoms with Crippen molar-refractivity contribution in [3.63, 3.8) is 0 Å². The minimum atomic E-state index is -4.01. The zero-order chi connectivity index (χ0) is 21.4. The Balaban J connectivity index is 1.45. The third-order valence-corrected chi connectivity index (χ3v) is 9.46. The second-order valence-corrected chi connectivity index (χ2v) is 10.9. The van der Waals surface area contributed by atoms with Gasteiger partial charge in [0.15, 0.2) is 0 Å². The average Bonchev–Trinajstić information content (AvgIpc) is 3.04. The molecule has 1 aromatic carbocycles. The summed E-state index contributed by atoms with van der Waals surface area (Å²) in [6.07, 6.45) is 6.73. The lowest BCUT2D eigenvalue weighted by Gasteiger charge is -2.55. The van der Waals surface area contributed by atoms with Crippen molar-refractivity contribution >= 4 is 0 Å². The number of fused-ring (bicyclic) bond motifs is 3. The molecule has 0 spiro atoms. The average molecular weight is 421 g/mol. The molecule has 0 heterocycles. The highest BCUT2D eigenvalue weighted by Crippen LogP contribution is 2.64. The predicted molar refractivity (Wildman–Crippen MR) is 117 cm³/mol. The maximum atomic E-state index is 13.2. The third-order valence-electron chi connectivity index (χ3n) is 9.46. The van der Waals surface area contributed by atoms with Crippen LogP contribution in [-0.4, -0.2) is 6.18 Å². The Bertz CT molecular complexity index is 681. The minimum absolute atomic E-state index is 0.133. The molecule has 0 radical (unpaired) electrons. The molecule has 3 heteroatoms. The molecular formula is C27H39F3. The van der Waals surface area contributed by atoms with Gasteiger partial charge in [-0.3, -0.25) is 0 Å². The summed E-state index contributed by atoms with van der Waals surface area (Å²) in [6, 6.07) is 10.8. The normalized spacial score (nSPS) is 38.8. The van der Waals surface area contributed by atoms with Crippen molar-refractivity contribution in [1.29, 1.82) is 0 Å².